The molecule has 4 rings (SSSR count). The van der Waals surface area contributed by atoms with E-state index in [4.69, 9.17) is 17.0 Å². The molecular formula is C14H19N3OS. The summed E-state index contributed by atoms with van der Waals surface area (Å²) in [5.74, 6) is 0.941. The molecule has 5 heteroatoms. The molecule has 1 aromatic rings. The second-order valence-electron chi connectivity index (χ2n) is 5.85. The van der Waals surface area contributed by atoms with Crippen LogP contribution in [0.3, 0.4) is 0 Å². The van der Waals surface area contributed by atoms with Gasteiger partial charge in [-0.1, -0.05) is 12.2 Å². The van der Waals surface area contributed by atoms with E-state index in [1.165, 1.54) is 37.1 Å². The van der Waals surface area contributed by atoms with E-state index < -0.39 is 0 Å². The van der Waals surface area contributed by atoms with Gasteiger partial charge in [-0.3, -0.25) is 4.90 Å². The standard InChI is InChI=1S/C14H19N3OS/c19-14-10-4-1-5-11(10)15-13(16-14)12-7-17-6-2-3-9(17)8-18-12/h9,12H,1-8H2,(H,15,16,19). The molecule has 3 heterocycles. The number of nitrogens with one attached hydrogen (secondary N) is 1. The lowest BCUT2D eigenvalue weighted by Crippen LogP contribution is -2.42. The van der Waals surface area contributed by atoms with Crippen molar-refractivity contribution < 1.29 is 4.74 Å². The number of hydrogen-bond donors (Lipinski definition) is 1. The van der Waals surface area contributed by atoms with Gasteiger partial charge in [0.2, 0.25) is 0 Å². The van der Waals surface area contributed by atoms with E-state index >= 15 is 0 Å². The fourth-order valence-electron chi connectivity index (χ4n) is 3.61. The molecule has 2 fully saturated rings. The normalized spacial score (nSPS) is 30.3. The van der Waals surface area contributed by atoms with Crippen LogP contribution >= 0.6 is 12.2 Å². The van der Waals surface area contributed by atoms with E-state index in [-0.39, 0.29) is 6.10 Å². The second-order valence-corrected chi connectivity index (χ2v) is 6.24. The summed E-state index contributed by atoms with van der Waals surface area (Å²) in [7, 11) is 0. The van der Waals surface area contributed by atoms with E-state index in [2.05, 4.69) is 14.9 Å². The summed E-state index contributed by atoms with van der Waals surface area (Å²) in [6.07, 6.45) is 6.03. The van der Waals surface area contributed by atoms with Crippen LogP contribution in [0.2, 0.25) is 0 Å². The number of aromatic amines is 1. The van der Waals surface area contributed by atoms with Gasteiger partial charge >= 0.3 is 0 Å². The fourth-order valence-corrected chi connectivity index (χ4v) is 3.94. The minimum atomic E-state index is 0.0713. The summed E-state index contributed by atoms with van der Waals surface area (Å²) in [5, 5.41) is 0. The van der Waals surface area contributed by atoms with Gasteiger partial charge in [0, 0.05) is 23.8 Å². The molecule has 0 bridgehead atoms. The van der Waals surface area contributed by atoms with Crippen molar-refractivity contribution in [2.45, 2.75) is 44.2 Å². The molecule has 1 aromatic heterocycles. The van der Waals surface area contributed by atoms with Crippen molar-refractivity contribution in [1.82, 2.24) is 14.9 Å². The van der Waals surface area contributed by atoms with Crippen molar-refractivity contribution >= 4 is 12.2 Å². The molecule has 1 N–H and O–H groups in total. The molecule has 0 aromatic carbocycles. The molecule has 1 aliphatic carbocycles. The minimum absolute atomic E-state index is 0.0713. The van der Waals surface area contributed by atoms with Crippen molar-refractivity contribution in [3.05, 3.63) is 21.7 Å². The lowest BCUT2D eigenvalue weighted by Gasteiger charge is -2.34. The maximum Gasteiger partial charge on any atom is 0.138 e. The van der Waals surface area contributed by atoms with Gasteiger partial charge in [0.15, 0.2) is 0 Å². The van der Waals surface area contributed by atoms with Crippen LogP contribution in [0.1, 0.15) is 42.4 Å². The Morgan fingerprint density at radius 2 is 2.26 bits per heavy atom. The van der Waals surface area contributed by atoms with Crippen LogP contribution in [0.25, 0.3) is 0 Å². The maximum absolute atomic E-state index is 6.01. The molecule has 2 unspecified atom stereocenters. The smallest absolute Gasteiger partial charge is 0.138 e. The lowest BCUT2D eigenvalue weighted by atomic mass is 10.1. The van der Waals surface area contributed by atoms with E-state index in [1.54, 1.807) is 0 Å². The number of morpholine rings is 1. The van der Waals surface area contributed by atoms with Crippen molar-refractivity contribution in [3.8, 4) is 0 Å². The molecule has 0 saturated carbocycles. The molecule has 0 radical (unpaired) electrons. The molecule has 4 nitrogen and oxygen atoms in total. The van der Waals surface area contributed by atoms with Crippen molar-refractivity contribution in [2.75, 3.05) is 19.7 Å². The highest BCUT2D eigenvalue weighted by molar-refractivity contribution is 7.71. The van der Waals surface area contributed by atoms with Crippen LogP contribution in [0.5, 0.6) is 0 Å². The molecule has 0 spiro atoms. The number of aryl methyl sites for hydroxylation is 1. The van der Waals surface area contributed by atoms with Gasteiger partial charge in [0.1, 0.15) is 16.6 Å². The minimum Gasteiger partial charge on any atom is -0.367 e. The van der Waals surface area contributed by atoms with Crippen LogP contribution < -0.4 is 0 Å². The number of fused-ring (bicyclic) bond motifs is 2. The molecule has 2 saturated heterocycles. The first-order valence-corrected chi connectivity index (χ1v) is 7.70. The zero-order valence-electron chi connectivity index (χ0n) is 11.0. The maximum atomic E-state index is 6.01. The summed E-state index contributed by atoms with van der Waals surface area (Å²) in [6.45, 7) is 3.00. The predicted octanol–water partition coefficient (Wildman–Crippen LogP) is 2.16. The van der Waals surface area contributed by atoms with E-state index in [1.807, 2.05) is 0 Å². The highest BCUT2D eigenvalue weighted by Crippen LogP contribution is 2.30. The predicted molar refractivity (Wildman–Crippen MR) is 74.7 cm³/mol. The Labute approximate surface area is 118 Å². The zero-order valence-corrected chi connectivity index (χ0v) is 11.8. The Morgan fingerprint density at radius 3 is 3.21 bits per heavy atom. The fraction of sp³-hybridized carbons (Fsp3) is 0.714. The number of nitrogens with zero attached hydrogens (tertiary/aromatic N) is 2. The third-order valence-electron chi connectivity index (χ3n) is 4.67. The Bertz CT molecular complexity index is 556. The van der Waals surface area contributed by atoms with E-state index in [9.17, 15) is 0 Å². The number of ether oxygens (including phenoxy) is 1. The molecular weight excluding hydrogens is 258 g/mol. The Hall–Kier alpha value is -0.780. The first-order chi connectivity index (χ1) is 9.31. The summed E-state index contributed by atoms with van der Waals surface area (Å²) in [4.78, 5) is 10.6. The Balaban J connectivity index is 1.62. The molecule has 102 valence electrons. The number of H-pyrrole nitrogens is 1. The molecule has 2 atom stereocenters. The highest BCUT2D eigenvalue weighted by atomic mass is 32.1. The third kappa shape index (κ3) is 2.04. The van der Waals surface area contributed by atoms with Gasteiger partial charge in [0.05, 0.1) is 6.61 Å². The van der Waals surface area contributed by atoms with Crippen molar-refractivity contribution in [2.24, 2.45) is 0 Å². The summed E-state index contributed by atoms with van der Waals surface area (Å²) >= 11 is 5.43. The van der Waals surface area contributed by atoms with Crippen LogP contribution in [-0.4, -0.2) is 40.6 Å². The van der Waals surface area contributed by atoms with Gasteiger partial charge < -0.3 is 9.72 Å². The first-order valence-electron chi connectivity index (χ1n) is 7.29. The third-order valence-corrected chi connectivity index (χ3v) is 5.01. The average molecular weight is 277 g/mol. The van der Waals surface area contributed by atoms with Gasteiger partial charge in [-0.2, -0.15) is 0 Å². The topological polar surface area (TPSA) is 41.2 Å². The second kappa shape index (κ2) is 4.65. The first kappa shape index (κ1) is 12.0. The van der Waals surface area contributed by atoms with Crippen LogP contribution in [-0.2, 0) is 17.6 Å². The quantitative estimate of drug-likeness (QED) is 0.799. The lowest BCUT2D eigenvalue weighted by molar-refractivity contribution is -0.0542. The molecule has 0 amide bonds. The van der Waals surface area contributed by atoms with Crippen LogP contribution in [0.4, 0.5) is 0 Å². The Kier molecular flexibility index (Phi) is 2.94. The average Bonchev–Trinajstić information content (AvgIpc) is 3.06. The van der Waals surface area contributed by atoms with Gasteiger partial charge in [-0.05, 0) is 38.6 Å². The summed E-state index contributed by atoms with van der Waals surface area (Å²) < 4.78 is 6.80. The monoisotopic (exact) mass is 277 g/mol. The largest absolute Gasteiger partial charge is 0.367 e. The molecule has 19 heavy (non-hydrogen) atoms. The van der Waals surface area contributed by atoms with E-state index in [0.29, 0.717) is 6.04 Å². The SMILES string of the molecule is S=c1nc(C2CN3CCCC3CO2)[nH]c2c1CCC2. The Morgan fingerprint density at radius 1 is 1.32 bits per heavy atom. The highest BCUT2D eigenvalue weighted by Gasteiger charge is 2.34. The molecule has 3 aliphatic rings. The van der Waals surface area contributed by atoms with Crippen molar-refractivity contribution in [3.63, 3.8) is 0 Å². The van der Waals surface area contributed by atoms with Crippen LogP contribution in [0.15, 0.2) is 0 Å². The number of hydrogen-bond acceptors (Lipinski definition) is 4. The van der Waals surface area contributed by atoms with Gasteiger partial charge in [-0.15, -0.1) is 0 Å². The number of rotatable bonds is 1. The van der Waals surface area contributed by atoms with Gasteiger partial charge in [-0.25, -0.2) is 4.98 Å². The van der Waals surface area contributed by atoms with Crippen molar-refractivity contribution in [1.29, 1.82) is 0 Å². The van der Waals surface area contributed by atoms with E-state index in [0.717, 1.165) is 36.5 Å². The summed E-state index contributed by atoms with van der Waals surface area (Å²) in [5.41, 5.74) is 2.55. The molecule has 2 aliphatic heterocycles. The summed E-state index contributed by atoms with van der Waals surface area (Å²) in [6, 6.07) is 0.633. The van der Waals surface area contributed by atoms with Crippen LogP contribution in [0, 0.1) is 4.64 Å². The number of aromatic nitrogens is 2. The zero-order chi connectivity index (χ0) is 12.8. The van der Waals surface area contributed by atoms with Gasteiger partial charge in [0.25, 0.3) is 0 Å².